The predicted molar refractivity (Wildman–Crippen MR) is 102 cm³/mol. The number of fused-ring (bicyclic) bond motifs is 1. The van der Waals surface area contributed by atoms with Crippen molar-refractivity contribution < 1.29 is 9.53 Å². The summed E-state index contributed by atoms with van der Waals surface area (Å²) < 4.78 is 5.37. The molecule has 2 aromatic carbocycles. The van der Waals surface area contributed by atoms with Crippen molar-refractivity contribution in [1.29, 1.82) is 0 Å². The zero-order valence-electron chi connectivity index (χ0n) is 14.3. The number of carbonyl (C=O) groups excluding carboxylic acids is 1. The largest absolute Gasteiger partial charge is 0.378 e. The molecule has 0 amide bonds. The molecule has 2 heterocycles. The normalized spacial score (nSPS) is 14.8. The van der Waals surface area contributed by atoms with Gasteiger partial charge in [-0.25, -0.2) is 4.98 Å². The number of ether oxygens (including phenoxy) is 1. The minimum absolute atomic E-state index is 0.0477. The number of rotatable bonds is 4. The summed E-state index contributed by atoms with van der Waals surface area (Å²) in [4.78, 5) is 23.5. The number of carbonyl (C=O) groups is 1. The Bertz CT molecular complexity index is 945. The first-order valence-corrected chi connectivity index (χ1v) is 8.66. The van der Waals surface area contributed by atoms with Gasteiger partial charge in [-0.15, -0.1) is 0 Å². The highest BCUT2D eigenvalue weighted by molar-refractivity contribution is 6.06. The summed E-state index contributed by atoms with van der Waals surface area (Å²) in [5.41, 5.74) is 4.11. The number of aromatic nitrogens is 2. The fourth-order valence-corrected chi connectivity index (χ4v) is 2.97. The number of morpholine rings is 1. The summed E-state index contributed by atoms with van der Waals surface area (Å²) in [6.07, 6.45) is 4.92. The summed E-state index contributed by atoms with van der Waals surface area (Å²) >= 11 is 0. The lowest BCUT2D eigenvalue weighted by molar-refractivity contribution is 0.104. The van der Waals surface area contributed by atoms with Crippen LogP contribution in [0.3, 0.4) is 0 Å². The van der Waals surface area contributed by atoms with E-state index in [2.05, 4.69) is 14.9 Å². The molecule has 0 saturated carbocycles. The van der Waals surface area contributed by atoms with Gasteiger partial charge in [0.25, 0.3) is 0 Å². The SMILES string of the molecule is O=C(/C=C/c1cnc2ccccc2n1)c1ccc(N2CCOCC2)cc1. The number of nitrogens with zero attached hydrogens (tertiary/aromatic N) is 3. The smallest absolute Gasteiger partial charge is 0.185 e. The zero-order chi connectivity index (χ0) is 17.8. The van der Waals surface area contributed by atoms with E-state index in [0.717, 1.165) is 43.0 Å². The van der Waals surface area contributed by atoms with Crippen molar-refractivity contribution in [3.05, 3.63) is 72.1 Å². The van der Waals surface area contributed by atoms with Gasteiger partial charge in [0.1, 0.15) is 0 Å². The molecule has 26 heavy (non-hydrogen) atoms. The molecule has 130 valence electrons. The minimum atomic E-state index is -0.0477. The van der Waals surface area contributed by atoms with E-state index in [4.69, 9.17) is 4.74 Å². The molecule has 4 rings (SSSR count). The highest BCUT2D eigenvalue weighted by atomic mass is 16.5. The topological polar surface area (TPSA) is 55.3 Å². The van der Waals surface area contributed by atoms with Crippen molar-refractivity contribution in [2.24, 2.45) is 0 Å². The highest BCUT2D eigenvalue weighted by Crippen LogP contribution is 2.17. The Morgan fingerprint density at radius 3 is 2.50 bits per heavy atom. The fraction of sp³-hybridized carbons (Fsp3) is 0.190. The molecule has 0 N–H and O–H groups in total. The van der Waals surface area contributed by atoms with Crippen LogP contribution >= 0.6 is 0 Å². The number of hydrogen-bond acceptors (Lipinski definition) is 5. The van der Waals surface area contributed by atoms with E-state index in [1.165, 1.54) is 0 Å². The first kappa shape index (κ1) is 16.4. The first-order chi connectivity index (χ1) is 12.8. The van der Waals surface area contributed by atoms with Crippen LogP contribution in [-0.2, 0) is 4.74 Å². The molecule has 1 fully saturated rings. The molecular formula is C21H19N3O2. The number of benzene rings is 2. The maximum Gasteiger partial charge on any atom is 0.185 e. The van der Waals surface area contributed by atoms with Crippen molar-refractivity contribution in [1.82, 2.24) is 9.97 Å². The van der Waals surface area contributed by atoms with Gasteiger partial charge in [0.2, 0.25) is 0 Å². The Labute approximate surface area is 152 Å². The molecule has 1 aliphatic rings. The Morgan fingerprint density at radius 2 is 1.73 bits per heavy atom. The van der Waals surface area contributed by atoms with Crippen LogP contribution in [0.25, 0.3) is 17.1 Å². The Morgan fingerprint density at radius 1 is 1.00 bits per heavy atom. The monoisotopic (exact) mass is 345 g/mol. The summed E-state index contributed by atoms with van der Waals surface area (Å²) in [5, 5.41) is 0. The van der Waals surface area contributed by atoms with Crippen molar-refractivity contribution in [2.75, 3.05) is 31.2 Å². The number of ketones is 1. The van der Waals surface area contributed by atoms with Crippen molar-refractivity contribution >= 4 is 28.6 Å². The van der Waals surface area contributed by atoms with Crippen LogP contribution in [-0.4, -0.2) is 42.1 Å². The minimum Gasteiger partial charge on any atom is -0.378 e. The maximum atomic E-state index is 12.4. The van der Waals surface area contributed by atoms with Crippen LogP contribution in [0.1, 0.15) is 16.1 Å². The van der Waals surface area contributed by atoms with Gasteiger partial charge in [-0.2, -0.15) is 0 Å². The van der Waals surface area contributed by atoms with E-state index < -0.39 is 0 Å². The number of para-hydroxylation sites is 2. The fourth-order valence-electron chi connectivity index (χ4n) is 2.97. The lowest BCUT2D eigenvalue weighted by Gasteiger charge is -2.28. The van der Waals surface area contributed by atoms with Gasteiger partial charge in [-0.3, -0.25) is 9.78 Å². The van der Waals surface area contributed by atoms with E-state index in [9.17, 15) is 4.79 Å². The average Bonchev–Trinajstić information content (AvgIpc) is 2.72. The third kappa shape index (κ3) is 3.63. The van der Waals surface area contributed by atoms with Gasteiger partial charge in [0.05, 0.1) is 36.1 Å². The van der Waals surface area contributed by atoms with Gasteiger partial charge >= 0.3 is 0 Å². The van der Waals surface area contributed by atoms with Gasteiger partial charge in [0.15, 0.2) is 5.78 Å². The second kappa shape index (κ2) is 7.45. The lowest BCUT2D eigenvalue weighted by Crippen LogP contribution is -2.36. The van der Waals surface area contributed by atoms with E-state index in [0.29, 0.717) is 11.3 Å². The molecule has 1 aromatic heterocycles. The van der Waals surface area contributed by atoms with Gasteiger partial charge in [-0.05, 0) is 48.6 Å². The Kier molecular flexibility index (Phi) is 4.71. The predicted octanol–water partition coefficient (Wildman–Crippen LogP) is 3.36. The third-order valence-corrected chi connectivity index (χ3v) is 4.40. The molecule has 0 atom stereocenters. The van der Waals surface area contributed by atoms with Gasteiger partial charge in [0, 0.05) is 24.3 Å². The van der Waals surface area contributed by atoms with Crippen molar-refractivity contribution in [3.8, 4) is 0 Å². The molecule has 1 aliphatic heterocycles. The second-order valence-electron chi connectivity index (χ2n) is 6.13. The summed E-state index contributed by atoms with van der Waals surface area (Å²) in [6, 6.07) is 15.4. The first-order valence-electron chi connectivity index (χ1n) is 8.66. The van der Waals surface area contributed by atoms with Gasteiger partial charge < -0.3 is 9.64 Å². The van der Waals surface area contributed by atoms with Crippen LogP contribution in [0, 0.1) is 0 Å². The zero-order valence-corrected chi connectivity index (χ0v) is 14.3. The molecule has 5 heteroatoms. The third-order valence-electron chi connectivity index (χ3n) is 4.40. The van der Waals surface area contributed by atoms with Crippen LogP contribution in [0.2, 0.25) is 0 Å². The molecule has 1 saturated heterocycles. The summed E-state index contributed by atoms with van der Waals surface area (Å²) in [5.74, 6) is -0.0477. The molecular weight excluding hydrogens is 326 g/mol. The van der Waals surface area contributed by atoms with E-state index in [1.54, 1.807) is 18.3 Å². The lowest BCUT2D eigenvalue weighted by atomic mass is 10.1. The second-order valence-corrected chi connectivity index (χ2v) is 6.13. The van der Waals surface area contributed by atoms with E-state index >= 15 is 0 Å². The van der Waals surface area contributed by atoms with Crippen LogP contribution in [0.15, 0.2) is 60.8 Å². The number of hydrogen-bond donors (Lipinski definition) is 0. The molecule has 0 bridgehead atoms. The standard InChI is InChI=1S/C21H19N3O2/c25-21(10-7-17-15-22-19-3-1-2-4-20(19)23-17)16-5-8-18(9-6-16)24-11-13-26-14-12-24/h1-10,15H,11-14H2/b10-7+. The number of allylic oxidation sites excluding steroid dienone is 1. The molecule has 0 radical (unpaired) electrons. The molecule has 3 aromatic rings. The van der Waals surface area contributed by atoms with E-state index in [1.807, 2.05) is 48.5 Å². The van der Waals surface area contributed by atoms with E-state index in [-0.39, 0.29) is 5.78 Å². The number of anilines is 1. The van der Waals surface area contributed by atoms with Crippen LogP contribution in [0.5, 0.6) is 0 Å². The summed E-state index contributed by atoms with van der Waals surface area (Å²) in [6.45, 7) is 3.26. The van der Waals surface area contributed by atoms with Crippen LogP contribution in [0.4, 0.5) is 5.69 Å². The Hall–Kier alpha value is -3.05. The average molecular weight is 345 g/mol. The molecule has 0 aliphatic carbocycles. The summed E-state index contributed by atoms with van der Waals surface area (Å²) in [7, 11) is 0. The molecule has 0 spiro atoms. The van der Waals surface area contributed by atoms with Crippen molar-refractivity contribution in [2.45, 2.75) is 0 Å². The maximum absolute atomic E-state index is 12.4. The molecule has 5 nitrogen and oxygen atoms in total. The Balaban J connectivity index is 1.47. The molecule has 0 unspecified atom stereocenters. The van der Waals surface area contributed by atoms with Crippen LogP contribution < -0.4 is 4.90 Å². The quantitative estimate of drug-likeness (QED) is 0.536. The highest BCUT2D eigenvalue weighted by Gasteiger charge is 2.11. The van der Waals surface area contributed by atoms with Gasteiger partial charge in [-0.1, -0.05) is 12.1 Å². The van der Waals surface area contributed by atoms with Crippen molar-refractivity contribution in [3.63, 3.8) is 0 Å².